The van der Waals surface area contributed by atoms with Crippen molar-refractivity contribution in [2.75, 3.05) is 4.90 Å². The Morgan fingerprint density at radius 2 is 0.726 bits per heavy atom. The highest BCUT2D eigenvalue weighted by atomic mass is 15.1. The molecular formula is C61H45N. The van der Waals surface area contributed by atoms with E-state index >= 15 is 0 Å². The third-order valence-corrected chi connectivity index (χ3v) is 15.1. The Kier molecular flexibility index (Phi) is 7.12. The van der Waals surface area contributed by atoms with Crippen LogP contribution in [0.2, 0.25) is 0 Å². The third kappa shape index (κ3) is 4.48. The molecule has 0 bridgehead atoms. The van der Waals surface area contributed by atoms with Crippen LogP contribution >= 0.6 is 0 Å². The molecule has 0 aliphatic heterocycles. The summed E-state index contributed by atoms with van der Waals surface area (Å²) in [7, 11) is 0. The number of benzene rings is 9. The zero-order valence-corrected chi connectivity index (χ0v) is 35.5. The summed E-state index contributed by atoms with van der Waals surface area (Å²) in [5, 5.41) is 0. The molecule has 13 rings (SSSR count). The fourth-order valence-electron chi connectivity index (χ4n) is 12.3. The highest BCUT2D eigenvalue weighted by Gasteiger charge is 2.52. The first-order valence-corrected chi connectivity index (χ1v) is 22.1. The highest BCUT2D eigenvalue weighted by Crippen LogP contribution is 2.65. The van der Waals surface area contributed by atoms with Gasteiger partial charge in [-0.05, 0) is 131 Å². The van der Waals surface area contributed by atoms with Gasteiger partial charge in [0.1, 0.15) is 0 Å². The Labute approximate surface area is 364 Å². The molecule has 294 valence electrons. The summed E-state index contributed by atoms with van der Waals surface area (Å²) >= 11 is 0. The lowest BCUT2D eigenvalue weighted by Crippen LogP contribution is -2.26. The van der Waals surface area contributed by atoms with Crippen molar-refractivity contribution in [1.29, 1.82) is 0 Å². The van der Waals surface area contributed by atoms with E-state index in [2.05, 4.69) is 233 Å². The van der Waals surface area contributed by atoms with Gasteiger partial charge in [-0.3, -0.25) is 0 Å². The molecule has 0 atom stereocenters. The van der Waals surface area contributed by atoms with Crippen LogP contribution in [0, 0.1) is 0 Å². The quantitative estimate of drug-likeness (QED) is 0.172. The van der Waals surface area contributed by atoms with Gasteiger partial charge in [-0.15, -0.1) is 0 Å². The molecule has 62 heavy (non-hydrogen) atoms. The average Bonchev–Trinajstić information content (AvgIpc) is 3.95. The van der Waals surface area contributed by atoms with Crippen LogP contribution in [0.5, 0.6) is 0 Å². The molecule has 1 spiro atoms. The first-order valence-electron chi connectivity index (χ1n) is 22.1. The van der Waals surface area contributed by atoms with E-state index in [9.17, 15) is 0 Å². The second-order valence-electron chi connectivity index (χ2n) is 18.8. The van der Waals surface area contributed by atoms with Gasteiger partial charge in [-0.2, -0.15) is 0 Å². The van der Waals surface area contributed by atoms with Gasteiger partial charge in [0.2, 0.25) is 0 Å². The molecule has 0 fully saturated rings. The van der Waals surface area contributed by atoms with Crippen molar-refractivity contribution in [3.8, 4) is 55.6 Å². The lowest BCUT2D eigenvalue weighted by Gasteiger charge is -2.32. The van der Waals surface area contributed by atoms with E-state index in [4.69, 9.17) is 0 Å². The van der Waals surface area contributed by atoms with E-state index in [1.54, 1.807) is 0 Å². The summed E-state index contributed by atoms with van der Waals surface area (Å²) in [6.45, 7) is 9.46. The molecule has 4 aliphatic rings. The SMILES string of the molecule is CC1(C)c2ccccc2-c2cc(-c3ccc(N(c4ccc5c(c4)C(C)(C)c4ccccc4-5)c4cccc5c4-c4ccccc4C54c5ccccc5-c5ccccc54)cc3)ccc21. The Morgan fingerprint density at radius 1 is 0.290 bits per heavy atom. The Balaban J connectivity index is 1.03. The van der Waals surface area contributed by atoms with Gasteiger partial charge < -0.3 is 4.90 Å². The van der Waals surface area contributed by atoms with E-state index in [0.717, 1.165) is 11.4 Å². The number of hydrogen-bond acceptors (Lipinski definition) is 1. The standard InChI is InChI=1S/C61H45N/c1-59(2)50-22-11-6-19-45(50)48-36-39(30-35-51(48)59)38-28-31-40(32-29-38)62(41-33-34-46-42-16-5-10-21-49(42)60(3,4)56(46)37-41)57-27-15-26-55-58(57)47-20-9-14-25-54(47)61(55)52-23-12-7-17-43(52)44-18-8-13-24-53(44)61/h5-37H,1-4H3. The normalized spacial score (nSPS) is 15.5. The van der Waals surface area contributed by atoms with Gasteiger partial charge in [0.05, 0.1) is 11.1 Å². The zero-order chi connectivity index (χ0) is 41.5. The third-order valence-electron chi connectivity index (χ3n) is 15.1. The van der Waals surface area contributed by atoms with Gasteiger partial charge in [0.25, 0.3) is 0 Å². The van der Waals surface area contributed by atoms with Gasteiger partial charge >= 0.3 is 0 Å². The summed E-state index contributed by atoms with van der Waals surface area (Å²) in [4.78, 5) is 2.53. The zero-order valence-electron chi connectivity index (χ0n) is 35.5. The maximum atomic E-state index is 2.53. The van der Waals surface area contributed by atoms with Crippen LogP contribution in [-0.4, -0.2) is 0 Å². The monoisotopic (exact) mass is 791 g/mol. The van der Waals surface area contributed by atoms with E-state index in [0.29, 0.717) is 0 Å². The first-order chi connectivity index (χ1) is 30.3. The summed E-state index contributed by atoms with van der Waals surface area (Å²) in [5.41, 5.74) is 26.9. The summed E-state index contributed by atoms with van der Waals surface area (Å²) in [6, 6.07) is 75.8. The molecular weight excluding hydrogens is 747 g/mol. The van der Waals surface area contributed by atoms with Crippen LogP contribution in [-0.2, 0) is 16.2 Å². The lowest BCUT2D eigenvalue weighted by molar-refractivity contribution is 0.660. The largest absolute Gasteiger partial charge is 0.310 e. The van der Waals surface area contributed by atoms with Gasteiger partial charge in [-0.25, -0.2) is 0 Å². The molecule has 4 aliphatic carbocycles. The van der Waals surface area contributed by atoms with Gasteiger partial charge in [0, 0.05) is 27.8 Å². The fourth-order valence-corrected chi connectivity index (χ4v) is 12.3. The van der Waals surface area contributed by atoms with Crippen molar-refractivity contribution in [2.24, 2.45) is 0 Å². The summed E-state index contributed by atoms with van der Waals surface area (Å²) in [6.07, 6.45) is 0. The fraction of sp³-hybridized carbons (Fsp3) is 0.115. The molecule has 1 nitrogen and oxygen atoms in total. The number of fused-ring (bicyclic) bond motifs is 16. The van der Waals surface area contributed by atoms with Crippen molar-refractivity contribution in [1.82, 2.24) is 0 Å². The van der Waals surface area contributed by atoms with Crippen molar-refractivity contribution in [2.45, 2.75) is 43.9 Å². The molecule has 0 saturated carbocycles. The van der Waals surface area contributed by atoms with Crippen LogP contribution in [0.1, 0.15) is 72.2 Å². The molecule has 0 heterocycles. The predicted molar refractivity (Wildman–Crippen MR) is 258 cm³/mol. The molecule has 0 unspecified atom stereocenters. The molecule has 9 aromatic rings. The van der Waals surface area contributed by atoms with Crippen molar-refractivity contribution >= 4 is 17.1 Å². The van der Waals surface area contributed by atoms with E-state index in [1.165, 1.54) is 106 Å². The van der Waals surface area contributed by atoms with E-state index < -0.39 is 5.41 Å². The second kappa shape index (κ2) is 12.4. The minimum atomic E-state index is -0.424. The molecule has 0 N–H and O–H groups in total. The van der Waals surface area contributed by atoms with E-state index in [-0.39, 0.29) is 10.8 Å². The number of hydrogen-bond donors (Lipinski definition) is 0. The number of nitrogens with zero attached hydrogens (tertiary/aromatic N) is 1. The molecule has 9 aromatic carbocycles. The smallest absolute Gasteiger partial charge is 0.0726 e. The second-order valence-corrected chi connectivity index (χ2v) is 18.8. The van der Waals surface area contributed by atoms with Crippen LogP contribution in [0.15, 0.2) is 200 Å². The van der Waals surface area contributed by atoms with Crippen molar-refractivity contribution < 1.29 is 0 Å². The summed E-state index contributed by atoms with van der Waals surface area (Å²) in [5.74, 6) is 0. The highest BCUT2D eigenvalue weighted by molar-refractivity contribution is 6.01. The number of rotatable bonds is 4. The molecule has 0 saturated heterocycles. The molecule has 0 aromatic heterocycles. The van der Waals surface area contributed by atoms with Crippen LogP contribution < -0.4 is 4.90 Å². The summed E-state index contributed by atoms with van der Waals surface area (Å²) < 4.78 is 0. The first kappa shape index (κ1) is 35.5. The maximum Gasteiger partial charge on any atom is 0.0726 e. The average molecular weight is 792 g/mol. The van der Waals surface area contributed by atoms with Gasteiger partial charge in [-0.1, -0.05) is 191 Å². The molecule has 0 amide bonds. The van der Waals surface area contributed by atoms with E-state index in [1.807, 2.05) is 0 Å². The minimum Gasteiger partial charge on any atom is -0.310 e. The Hall–Kier alpha value is -7.22. The topological polar surface area (TPSA) is 3.24 Å². The van der Waals surface area contributed by atoms with Crippen LogP contribution in [0.4, 0.5) is 17.1 Å². The number of anilines is 3. The predicted octanol–water partition coefficient (Wildman–Crippen LogP) is 15.8. The van der Waals surface area contributed by atoms with Crippen LogP contribution in [0.3, 0.4) is 0 Å². The molecule has 1 heteroatoms. The van der Waals surface area contributed by atoms with Gasteiger partial charge in [0.15, 0.2) is 0 Å². The lowest BCUT2D eigenvalue weighted by atomic mass is 9.70. The van der Waals surface area contributed by atoms with Crippen LogP contribution in [0.25, 0.3) is 55.6 Å². The maximum absolute atomic E-state index is 2.53. The van der Waals surface area contributed by atoms with Crippen molar-refractivity contribution in [3.05, 3.63) is 245 Å². The van der Waals surface area contributed by atoms with Crippen molar-refractivity contribution in [3.63, 3.8) is 0 Å². The Morgan fingerprint density at radius 3 is 1.35 bits per heavy atom. The minimum absolute atomic E-state index is 0.0175. The Bertz CT molecular complexity index is 3310. The molecule has 0 radical (unpaired) electrons.